The first-order valence-corrected chi connectivity index (χ1v) is 11.4. The topological polar surface area (TPSA) is 93.0 Å². The molecule has 1 aliphatic carbocycles. The van der Waals surface area contributed by atoms with Crippen LogP contribution < -0.4 is 14.8 Å². The minimum absolute atomic E-state index is 0. The fourth-order valence-electron chi connectivity index (χ4n) is 4.72. The summed E-state index contributed by atoms with van der Waals surface area (Å²) >= 11 is 0. The zero-order valence-electron chi connectivity index (χ0n) is 19.2. The minimum atomic E-state index is -0.544. The van der Waals surface area contributed by atoms with E-state index in [1.54, 1.807) is 0 Å². The van der Waals surface area contributed by atoms with E-state index in [2.05, 4.69) is 32.2 Å². The normalized spacial score (nSPS) is 16.4. The van der Waals surface area contributed by atoms with Crippen molar-refractivity contribution >= 4 is 22.5 Å². The van der Waals surface area contributed by atoms with E-state index >= 15 is 0 Å². The van der Waals surface area contributed by atoms with Crippen LogP contribution in [0.5, 0.6) is 11.5 Å². The number of nitrogens with one attached hydrogen (secondary N) is 1. The van der Waals surface area contributed by atoms with Gasteiger partial charge in [-0.05, 0) is 54.8 Å². The molecule has 1 saturated carbocycles. The molecule has 176 valence electrons. The largest absolute Gasteiger partial charge is 0.454 e. The van der Waals surface area contributed by atoms with Crippen LogP contribution in [0.1, 0.15) is 52.3 Å². The lowest BCUT2D eigenvalue weighted by molar-refractivity contribution is -0.118. The van der Waals surface area contributed by atoms with Gasteiger partial charge >= 0.3 is 0 Å². The molecule has 0 unspecified atom stereocenters. The number of carbonyl (C=O) groups is 1. The summed E-state index contributed by atoms with van der Waals surface area (Å²) in [5.74, 6) is 1.37. The Morgan fingerprint density at radius 2 is 1.82 bits per heavy atom. The van der Waals surface area contributed by atoms with E-state index in [0.29, 0.717) is 11.5 Å². The maximum atomic E-state index is 13.3. The van der Waals surface area contributed by atoms with Crippen molar-refractivity contribution in [1.29, 1.82) is 0 Å². The van der Waals surface area contributed by atoms with Crippen molar-refractivity contribution in [3.8, 4) is 11.5 Å². The van der Waals surface area contributed by atoms with Gasteiger partial charge in [-0.15, -0.1) is 0 Å². The van der Waals surface area contributed by atoms with E-state index in [9.17, 15) is 15.0 Å². The van der Waals surface area contributed by atoms with Gasteiger partial charge in [0, 0.05) is 29.1 Å². The number of fused-ring (bicyclic) bond motifs is 2. The van der Waals surface area contributed by atoms with Gasteiger partial charge in [0.05, 0.1) is 24.7 Å². The van der Waals surface area contributed by atoms with E-state index in [4.69, 9.17) is 9.47 Å². The predicted molar refractivity (Wildman–Crippen MR) is 128 cm³/mol. The Morgan fingerprint density at radius 3 is 2.48 bits per heavy atom. The third kappa shape index (κ3) is 3.65. The Balaban J connectivity index is 0.00000274. The maximum Gasteiger partial charge on any atom is 0.235 e. The summed E-state index contributed by atoms with van der Waals surface area (Å²) in [5, 5.41) is 23.7. The Bertz CT molecular complexity index is 1220. The number of ether oxygens (including phenoxy) is 2. The third-order valence-electron chi connectivity index (χ3n) is 6.76. The van der Waals surface area contributed by atoms with Crippen LogP contribution in [0.4, 0.5) is 5.69 Å². The fraction of sp³-hybridized carbons (Fsp3) is 0.423. The van der Waals surface area contributed by atoms with Gasteiger partial charge in [-0.2, -0.15) is 0 Å². The standard InChI is InChI=1S/C26H30N2O5.H2/c1-25(2,3)23-11-16-10-18(5-6-20(16)28(23)19(13-29)14-30)27-24(31)26(8-9-26)17-4-7-21-22(12-17)33-15-32-21;/h4-7,10-12,19,29-30H,8-9,13-15H2,1-3H3,(H,27,31);1H. The van der Waals surface area contributed by atoms with Gasteiger partial charge in [0.1, 0.15) is 0 Å². The Morgan fingerprint density at radius 1 is 1.09 bits per heavy atom. The molecule has 1 aliphatic heterocycles. The molecule has 33 heavy (non-hydrogen) atoms. The quantitative estimate of drug-likeness (QED) is 0.523. The third-order valence-corrected chi connectivity index (χ3v) is 6.76. The lowest BCUT2D eigenvalue weighted by Crippen LogP contribution is -2.27. The highest BCUT2D eigenvalue weighted by molar-refractivity contribution is 6.02. The van der Waals surface area contributed by atoms with Crippen LogP contribution in [0.15, 0.2) is 42.5 Å². The molecule has 2 heterocycles. The molecule has 2 aliphatic rings. The Kier molecular flexibility index (Phi) is 5.14. The van der Waals surface area contributed by atoms with E-state index in [0.717, 1.165) is 40.7 Å². The number of carbonyl (C=O) groups excluding carboxylic acids is 1. The molecular weight excluding hydrogens is 420 g/mol. The first kappa shape index (κ1) is 21.8. The number of aromatic nitrogens is 1. The van der Waals surface area contributed by atoms with Crippen molar-refractivity contribution < 1.29 is 25.9 Å². The van der Waals surface area contributed by atoms with Gasteiger partial charge in [0.15, 0.2) is 11.5 Å². The molecule has 3 N–H and O–H groups in total. The van der Waals surface area contributed by atoms with Crippen molar-refractivity contribution in [1.82, 2.24) is 4.57 Å². The number of benzene rings is 2. The second-order valence-corrected chi connectivity index (χ2v) is 10.0. The number of hydrogen-bond acceptors (Lipinski definition) is 5. The summed E-state index contributed by atoms with van der Waals surface area (Å²) in [5.41, 5.74) is 2.89. The SMILES string of the molecule is CC(C)(C)c1cc2cc(NC(=O)C3(c4ccc5c(c4)OCO5)CC3)ccc2n1C(CO)CO.[HH]. The van der Waals surface area contributed by atoms with Crippen LogP contribution in [0.3, 0.4) is 0 Å². The highest BCUT2D eigenvalue weighted by Gasteiger charge is 2.51. The molecule has 0 spiro atoms. The summed E-state index contributed by atoms with van der Waals surface area (Å²) in [4.78, 5) is 13.3. The minimum Gasteiger partial charge on any atom is -0.454 e. The molecule has 1 fully saturated rings. The van der Waals surface area contributed by atoms with Crippen molar-refractivity contribution in [2.45, 2.75) is 50.5 Å². The molecule has 0 bridgehead atoms. The number of amides is 1. The molecule has 7 heteroatoms. The van der Waals surface area contributed by atoms with Crippen molar-refractivity contribution in [2.24, 2.45) is 0 Å². The summed E-state index contributed by atoms with van der Waals surface area (Å²) in [6, 6.07) is 13.2. The monoisotopic (exact) mass is 452 g/mol. The van der Waals surface area contributed by atoms with Crippen LogP contribution in [-0.4, -0.2) is 40.7 Å². The van der Waals surface area contributed by atoms with Gasteiger partial charge in [0.2, 0.25) is 12.7 Å². The molecule has 5 rings (SSSR count). The summed E-state index contributed by atoms with van der Waals surface area (Å²) in [6.45, 7) is 6.22. The first-order valence-electron chi connectivity index (χ1n) is 11.4. The van der Waals surface area contributed by atoms with Gasteiger partial charge < -0.3 is 29.6 Å². The van der Waals surface area contributed by atoms with Crippen LogP contribution in [0, 0.1) is 0 Å². The van der Waals surface area contributed by atoms with Crippen LogP contribution >= 0.6 is 0 Å². The number of aliphatic hydroxyl groups excluding tert-OH is 2. The van der Waals surface area contributed by atoms with Crippen LogP contribution in [0.2, 0.25) is 0 Å². The molecule has 1 amide bonds. The molecule has 3 aromatic rings. The number of aliphatic hydroxyl groups is 2. The highest BCUT2D eigenvalue weighted by atomic mass is 16.7. The van der Waals surface area contributed by atoms with Gasteiger partial charge in [0.25, 0.3) is 0 Å². The summed E-state index contributed by atoms with van der Waals surface area (Å²) in [7, 11) is 0. The Hall–Kier alpha value is -3.03. The lowest BCUT2D eigenvalue weighted by atomic mass is 9.91. The van der Waals surface area contributed by atoms with Crippen LogP contribution in [0.25, 0.3) is 10.9 Å². The molecule has 1 aromatic heterocycles. The molecule has 7 nitrogen and oxygen atoms in total. The van der Waals surface area contributed by atoms with E-state index in [1.165, 1.54) is 0 Å². The second kappa shape index (κ2) is 7.78. The van der Waals surface area contributed by atoms with Crippen molar-refractivity contribution in [3.63, 3.8) is 0 Å². The molecule has 0 radical (unpaired) electrons. The average Bonchev–Trinajstić information content (AvgIpc) is 3.31. The van der Waals surface area contributed by atoms with Gasteiger partial charge in [-0.3, -0.25) is 4.79 Å². The first-order chi connectivity index (χ1) is 15.8. The fourth-order valence-corrected chi connectivity index (χ4v) is 4.72. The number of nitrogens with zero attached hydrogens (tertiary/aromatic N) is 1. The maximum absolute atomic E-state index is 13.3. The van der Waals surface area contributed by atoms with E-state index < -0.39 is 11.5 Å². The molecular formula is C26H32N2O5. The number of rotatable bonds is 6. The van der Waals surface area contributed by atoms with Gasteiger partial charge in [-0.1, -0.05) is 26.8 Å². The molecule has 0 saturated heterocycles. The van der Waals surface area contributed by atoms with Crippen LogP contribution in [-0.2, 0) is 15.6 Å². The van der Waals surface area contributed by atoms with E-state index in [-0.39, 0.29) is 32.8 Å². The zero-order valence-corrected chi connectivity index (χ0v) is 19.2. The smallest absolute Gasteiger partial charge is 0.235 e. The molecule has 0 atom stereocenters. The predicted octanol–water partition coefficient (Wildman–Crippen LogP) is 4.11. The average molecular weight is 453 g/mol. The summed E-state index contributed by atoms with van der Waals surface area (Å²) in [6.07, 6.45) is 1.58. The highest BCUT2D eigenvalue weighted by Crippen LogP contribution is 2.51. The Labute approximate surface area is 194 Å². The second-order valence-electron chi connectivity index (χ2n) is 10.0. The zero-order chi connectivity index (χ0) is 23.4. The van der Waals surface area contributed by atoms with Gasteiger partial charge in [-0.25, -0.2) is 0 Å². The summed E-state index contributed by atoms with van der Waals surface area (Å²) < 4.78 is 12.9. The lowest BCUT2D eigenvalue weighted by Gasteiger charge is -2.26. The number of anilines is 1. The van der Waals surface area contributed by atoms with Crippen molar-refractivity contribution in [3.05, 3.63) is 53.7 Å². The number of hydrogen-bond donors (Lipinski definition) is 3. The van der Waals surface area contributed by atoms with E-state index in [1.807, 2.05) is 41.0 Å². The van der Waals surface area contributed by atoms with Crippen molar-refractivity contribution in [2.75, 3.05) is 25.3 Å². The molecule has 2 aromatic carbocycles.